The van der Waals surface area contributed by atoms with Crippen LogP contribution in [-0.2, 0) is 11.2 Å². The maximum atomic E-state index is 11.9. The number of nitrogens with one attached hydrogen (secondary N) is 2. The molecule has 0 heterocycles. The Balaban J connectivity index is 1.85. The van der Waals surface area contributed by atoms with Crippen molar-refractivity contribution in [3.05, 3.63) is 77.4 Å². The molecule has 0 aromatic heterocycles. The third kappa shape index (κ3) is 4.59. The zero-order valence-corrected chi connectivity index (χ0v) is 12.4. The predicted octanol–water partition coefficient (Wildman–Crippen LogP) is 2.72. The summed E-state index contributed by atoms with van der Waals surface area (Å²) in [6.07, 6.45) is 3.97. The molecule has 2 N–H and O–H groups in total. The number of hydrazine groups is 1. The molecule has 0 atom stereocenters. The first-order valence-corrected chi connectivity index (χ1v) is 7.11. The zero-order valence-electron chi connectivity index (χ0n) is 12.4. The largest absolute Gasteiger partial charge is 0.269 e. The quantitative estimate of drug-likeness (QED) is 0.673. The molecule has 112 valence electrons. The molecule has 0 spiro atoms. The minimum atomic E-state index is -0.387. The van der Waals surface area contributed by atoms with E-state index >= 15 is 0 Å². The van der Waals surface area contributed by atoms with Crippen molar-refractivity contribution in [2.75, 3.05) is 0 Å². The van der Waals surface area contributed by atoms with Crippen molar-refractivity contribution >= 4 is 17.9 Å². The Morgan fingerprint density at radius 2 is 1.64 bits per heavy atom. The van der Waals surface area contributed by atoms with Gasteiger partial charge in [-0.25, -0.2) is 0 Å². The number of carbonyl (C=O) groups is 2. The van der Waals surface area contributed by atoms with Gasteiger partial charge in [0.05, 0.1) is 0 Å². The van der Waals surface area contributed by atoms with E-state index < -0.39 is 0 Å². The van der Waals surface area contributed by atoms with Gasteiger partial charge in [-0.1, -0.05) is 49.4 Å². The van der Waals surface area contributed by atoms with Gasteiger partial charge in [0.25, 0.3) is 11.8 Å². The summed E-state index contributed by atoms with van der Waals surface area (Å²) in [5.74, 6) is -0.730. The molecule has 0 unspecified atom stereocenters. The van der Waals surface area contributed by atoms with Crippen molar-refractivity contribution in [3.63, 3.8) is 0 Å². The summed E-state index contributed by atoms with van der Waals surface area (Å²) in [5, 5.41) is 0. The Morgan fingerprint density at radius 1 is 0.955 bits per heavy atom. The Morgan fingerprint density at radius 3 is 2.27 bits per heavy atom. The lowest BCUT2D eigenvalue weighted by Gasteiger charge is -2.06. The average molecular weight is 294 g/mol. The molecule has 0 aliphatic carbocycles. The van der Waals surface area contributed by atoms with Gasteiger partial charge in [0.15, 0.2) is 0 Å². The Bertz CT molecular complexity index is 661. The minimum absolute atomic E-state index is 0.343. The van der Waals surface area contributed by atoms with Crippen molar-refractivity contribution in [1.29, 1.82) is 0 Å². The van der Waals surface area contributed by atoms with E-state index in [9.17, 15) is 9.59 Å². The van der Waals surface area contributed by atoms with Gasteiger partial charge in [0.2, 0.25) is 0 Å². The van der Waals surface area contributed by atoms with E-state index in [1.54, 1.807) is 18.2 Å². The minimum Gasteiger partial charge on any atom is -0.268 e. The number of carbonyl (C=O) groups excluding carboxylic acids is 2. The van der Waals surface area contributed by atoms with Gasteiger partial charge in [0, 0.05) is 11.6 Å². The summed E-state index contributed by atoms with van der Waals surface area (Å²) in [4.78, 5) is 23.5. The second-order valence-corrected chi connectivity index (χ2v) is 4.74. The zero-order chi connectivity index (χ0) is 15.8. The first kappa shape index (κ1) is 15.5. The number of rotatable bonds is 4. The van der Waals surface area contributed by atoms with Crippen LogP contribution in [0.3, 0.4) is 0 Å². The molecule has 0 saturated carbocycles. The highest BCUT2D eigenvalue weighted by Gasteiger charge is 2.05. The lowest BCUT2D eigenvalue weighted by molar-refractivity contribution is -0.117. The maximum Gasteiger partial charge on any atom is 0.269 e. The lowest BCUT2D eigenvalue weighted by atomic mass is 10.1. The Hall–Kier alpha value is -2.88. The van der Waals surface area contributed by atoms with Crippen molar-refractivity contribution in [2.45, 2.75) is 13.3 Å². The summed E-state index contributed by atoms with van der Waals surface area (Å²) in [6, 6.07) is 16.7. The summed E-state index contributed by atoms with van der Waals surface area (Å²) in [6.45, 7) is 2.05. The first-order chi connectivity index (χ1) is 10.7. The molecular formula is C18H18N2O2. The Kier molecular flexibility index (Phi) is 5.49. The molecule has 2 rings (SSSR count). The monoisotopic (exact) mass is 294 g/mol. The predicted molar refractivity (Wildman–Crippen MR) is 86.9 cm³/mol. The van der Waals surface area contributed by atoms with Gasteiger partial charge >= 0.3 is 0 Å². The molecule has 2 aromatic carbocycles. The molecular weight excluding hydrogens is 276 g/mol. The van der Waals surface area contributed by atoms with Crippen LogP contribution in [0.4, 0.5) is 0 Å². The van der Waals surface area contributed by atoms with E-state index in [0.717, 1.165) is 17.5 Å². The molecule has 4 nitrogen and oxygen atoms in total. The SMILES string of the molecule is CCc1ccc(C(=O)NNC(=O)C=Cc2ccccc2)cc1. The standard InChI is InChI=1S/C18H18N2O2/c1-2-14-8-11-16(12-9-14)18(22)20-19-17(21)13-10-15-6-4-3-5-7-15/h3-13H,2H2,1H3,(H,19,21)(H,20,22). The van der Waals surface area contributed by atoms with Gasteiger partial charge in [-0.2, -0.15) is 0 Å². The van der Waals surface area contributed by atoms with Crippen LogP contribution in [0, 0.1) is 0 Å². The van der Waals surface area contributed by atoms with Crippen LogP contribution in [0.1, 0.15) is 28.4 Å². The fraction of sp³-hybridized carbons (Fsp3) is 0.111. The van der Waals surface area contributed by atoms with Gasteiger partial charge < -0.3 is 0 Å². The molecule has 0 saturated heterocycles. The molecule has 0 aliphatic heterocycles. The number of amides is 2. The van der Waals surface area contributed by atoms with E-state index in [2.05, 4.69) is 10.9 Å². The number of aryl methyl sites for hydroxylation is 1. The molecule has 4 heteroatoms. The van der Waals surface area contributed by atoms with E-state index in [0.29, 0.717) is 5.56 Å². The second kappa shape index (κ2) is 7.78. The summed E-state index contributed by atoms with van der Waals surface area (Å²) < 4.78 is 0. The summed E-state index contributed by atoms with van der Waals surface area (Å²) in [5.41, 5.74) is 7.32. The molecule has 0 aliphatic rings. The normalized spacial score (nSPS) is 10.4. The van der Waals surface area contributed by atoms with E-state index in [1.165, 1.54) is 6.08 Å². The van der Waals surface area contributed by atoms with Crippen LogP contribution in [-0.4, -0.2) is 11.8 Å². The van der Waals surface area contributed by atoms with Crippen LogP contribution in [0.2, 0.25) is 0 Å². The summed E-state index contributed by atoms with van der Waals surface area (Å²) in [7, 11) is 0. The van der Waals surface area contributed by atoms with Crippen LogP contribution >= 0.6 is 0 Å². The third-order valence-electron chi connectivity index (χ3n) is 3.15. The molecule has 0 radical (unpaired) electrons. The molecule has 22 heavy (non-hydrogen) atoms. The van der Waals surface area contributed by atoms with Crippen molar-refractivity contribution in [1.82, 2.24) is 10.9 Å². The van der Waals surface area contributed by atoms with Crippen LogP contribution < -0.4 is 10.9 Å². The van der Waals surface area contributed by atoms with E-state index in [4.69, 9.17) is 0 Å². The average Bonchev–Trinajstić information content (AvgIpc) is 2.58. The van der Waals surface area contributed by atoms with Gasteiger partial charge in [0.1, 0.15) is 0 Å². The highest BCUT2D eigenvalue weighted by atomic mass is 16.2. The number of hydrogen-bond acceptors (Lipinski definition) is 2. The van der Waals surface area contributed by atoms with Crippen LogP contribution in [0.5, 0.6) is 0 Å². The fourth-order valence-corrected chi connectivity index (χ4v) is 1.86. The van der Waals surface area contributed by atoms with Gasteiger partial charge in [-0.05, 0) is 35.8 Å². The van der Waals surface area contributed by atoms with Crippen molar-refractivity contribution in [2.24, 2.45) is 0 Å². The maximum absolute atomic E-state index is 11.9. The number of benzene rings is 2. The fourth-order valence-electron chi connectivity index (χ4n) is 1.86. The molecule has 2 aromatic rings. The Labute approximate surface area is 129 Å². The van der Waals surface area contributed by atoms with E-state index in [-0.39, 0.29) is 11.8 Å². The molecule has 0 bridgehead atoms. The summed E-state index contributed by atoms with van der Waals surface area (Å²) >= 11 is 0. The first-order valence-electron chi connectivity index (χ1n) is 7.11. The van der Waals surface area contributed by atoms with Gasteiger partial charge in [-0.3, -0.25) is 20.4 Å². The number of hydrogen-bond donors (Lipinski definition) is 2. The second-order valence-electron chi connectivity index (χ2n) is 4.74. The van der Waals surface area contributed by atoms with Crippen molar-refractivity contribution in [3.8, 4) is 0 Å². The lowest BCUT2D eigenvalue weighted by Crippen LogP contribution is -2.40. The smallest absolute Gasteiger partial charge is 0.268 e. The molecule has 2 amide bonds. The van der Waals surface area contributed by atoms with Crippen molar-refractivity contribution < 1.29 is 9.59 Å². The van der Waals surface area contributed by atoms with E-state index in [1.807, 2.05) is 49.4 Å². The van der Waals surface area contributed by atoms with Gasteiger partial charge in [-0.15, -0.1) is 0 Å². The molecule has 0 fully saturated rings. The van der Waals surface area contributed by atoms with Crippen LogP contribution in [0.25, 0.3) is 6.08 Å². The highest BCUT2D eigenvalue weighted by Crippen LogP contribution is 2.04. The van der Waals surface area contributed by atoms with Crippen LogP contribution in [0.15, 0.2) is 60.7 Å². The topological polar surface area (TPSA) is 58.2 Å². The highest BCUT2D eigenvalue weighted by molar-refractivity contribution is 5.97. The third-order valence-corrected chi connectivity index (χ3v) is 3.15.